The number of halogens is 3. The second kappa shape index (κ2) is 4.35. The molecule has 1 aromatic carbocycles. The molecule has 0 aliphatic carbocycles. The van der Waals surface area contributed by atoms with Gasteiger partial charge in [-0.15, -0.1) is 0 Å². The quantitative estimate of drug-likeness (QED) is 0.733. The van der Waals surface area contributed by atoms with Crippen molar-refractivity contribution in [3.63, 3.8) is 0 Å². The van der Waals surface area contributed by atoms with Crippen molar-refractivity contribution in [2.45, 2.75) is 19.5 Å². The summed E-state index contributed by atoms with van der Waals surface area (Å²) >= 11 is 0. The Morgan fingerprint density at radius 1 is 1.21 bits per heavy atom. The largest absolute Gasteiger partial charge is 0.493 e. The minimum absolute atomic E-state index is 0.325. The zero-order valence-electron chi connectivity index (χ0n) is 7.77. The van der Waals surface area contributed by atoms with Crippen LogP contribution in [0.1, 0.15) is 12.0 Å². The Bertz CT molecular complexity index is 294. The van der Waals surface area contributed by atoms with Crippen LogP contribution in [0.5, 0.6) is 5.75 Å². The van der Waals surface area contributed by atoms with Crippen LogP contribution in [0.25, 0.3) is 0 Å². The molecule has 0 aliphatic rings. The maximum Gasteiger partial charge on any atom is 0.392 e. The highest BCUT2D eigenvalue weighted by Gasteiger charge is 2.26. The van der Waals surface area contributed by atoms with Gasteiger partial charge in [0.1, 0.15) is 5.75 Å². The van der Waals surface area contributed by atoms with Crippen LogP contribution in [0.15, 0.2) is 24.3 Å². The second-order valence-electron chi connectivity index (χ2n) is 2.98. The Balaban J connectivity index is 2.43. The van der Waals surface area contributed by atoms with E-state index < -0.39 is 12.6 Å². The van der Waals surface area contributed by atoms with Gasteiger partial charge in [-0.3, -0.25) is 0 Å². The molecule has 0 aliphatic heterocycles. The van der Waals surface area contributed by atoms with Crippen molar-refractivity contribution in [3.8, 4) is 5.75 Å². The van der Waals surface area contributed by atoms with Crippen molar-refractivity contribution < 1.29 is 17.9 Å². The van der Waals surface area contributed by atoms with Crippen LogP contribution in [0.3, 0.4) is 0 Å². The molecular formula is C10H11F3O. The molecule has 1 rings (SSSR count). The third-order valence-electron chi connectivity index (χ3n) is 1.74. The van der Waals surface area contributed by atoms with Crippen LogP contribution >= 0.6 is 0 Å². The van der Waals surface area contributed by atoms with E-state index >= 15 is 0 Å². The zero-order chi connectivity index (χ0) is 10.6. The number of alkyl halides is 3. The van der Waals surface area contributed by atoms with Crippen LogP contribution in [0.4, 0.5) is 13.2 Å². The van der Waals surface area contributed by atoms with Gasteiger partial charge in [-0.05, 0) is 18.6 Å². The van der Waals surface area contributed by atoms with E-state index in [1.54, 1.807) is 25.1 Å². The van der Waals surface area contributed by atoms with Gasteiger partial charge in [-0.25, -0.2) is 0 Å². The molecule has 0 radical (unpaired) electrons. The van der Waals surface area contributed by atoms with E-state index in [1.807, 2.05) is 6.07 Å². The van der Waals surface area contributed by atoms with E-state index in [2.05, 4.69) is 0 Å². The number of para-hydroxylation sites is 1. The minimum atomic E-state index is -4.15. The summed E-state index contributed by atoms with van der Waals surface area (Å²) in [6, 6.07) is 7.00. The van der Waals surface area contributed by atoms with Crippen molar-refractivity contribution in [1.29, 1.82) is 0 Å². The molecule has 0 spiro atoms. The lowest BCUT2D eigenvalue weighted by Crippen LogP contribution is -2.13. The summed E-state index contributed by atoms with van der Waals surface area (Å²) in [5.41, 5.74) is 0.842. The summed E-state index contributed by atoms with van der Waals surface area (Å²) in [7, 11) is 0. The third kappa shape index (κ3) is 3.68. The van der Waals surface area contributed by atoms with E-state index in [9.17, 15) is 13.2 Å². The lowest BCUT2D eigenvalue weighted by Gasteiger charge is -2.10. The van der Waals surface area contributed by atoms with Gasteiger partial charge in [0.2, 0.25) is 0 Å². The molecule has 0 saturated heterocycles. The van der Waals surface area contributed by atoms with Crippen molar-refractivity contribution >= 4 is 0 Å². The lowest BCUT2D eigenvalue weighted by atomic mass is 10.2. The van der Waals surface area contributed by atoms with Crippen molar-refractivity contribution in [3.05, 3.63) is 29.8 Å². The van der Waals surface area contributed by atoms with Gasteiger partial charge in [0.15, 0.2) is 0 Å². The Hall–Kier alpha value is -1.19. The number of ether oxygens (including phenoxy) is 1. The summed E-state index contributed by atoms with van der Waals surface area (Å²) < 4.78 is 40.3. The SMILES string of the molecule is Cc1ccccc1OCCC(F)(F)F. The fourth-order valence-electron chi connectivity index (χ4n) is 0.995. The molecule has 0 aromatic heterocycles. The smallest absolute Gasteiger partial charge is 0.392 e. The minimum Gasteiger partial charge on any atom is -0.493 e. The average Bonchev–Trinajstić information content (AvgIpc) is 2.06. The molecule has 0 saturated carbocycles. The first-order valence-electron chi connectivity index (χ1n) is 4.24. The summed E-state index contributed by atoms with van der Waals surface area (Å²) in [5, 5.41) is 0. The van der Waals surface area contributed by atoms with Gasteiger partial charge < -0.3 is 4.74 Å². The average molecular weight is 204 g/mol. The number of aryl methyl sites for hydroxylation is 1. The molecule has 0 fully saturated rings. The molecule has 0 unspecified atom stereocenters. The summed E-state index contributed by atoms with van der Waals surface area (Å²) in [6.45, 7) is 1.47. The van der Waals surface area contributed by atoms with E-state index in [0.717, 1.165) is 5.56 Å². The van der Waals surface area contributed by atoms with E-state index in [0.29, 0.717) is 5.75 Å². The maximum atomic E-state index is 11.8. The van der Waals surface area contributed by atoms with E-state index in [-0.39, 0.29) is 6.61 Å². The topological polar surface area (TPSA) is 9.23 Å². The molecule has 0 amide bonds. The molecular weight excluding hydrogens is 193 g/mol. The van der Waals surface area contributed by atoms with Gasteiger partial charge in [0.25, 0.3) is 0 Å². The molecule has 0 heterocycles. The summed E-state index contributed by atoms with van der Waals surface area (Å²) in [5.74, 6) is 0.511. The Morgan fingerprint density at radius 3 is 2.43 bits per heavy atom. The molecule has 4 heteroatoms. The first-order chi connectivity index (χ1) is 6.49. The highest BCUT2D eigenvalue weighted by Crippen LogP contribution is 2.21. The third-order valence-corrected chi connectivity index (χ3v) is 1.74. The number of hydrogen-bond acceptors (Lipinski definition) is 1. The van der Waals surface area contributed by atoms with Crippen molar-refractivity contribution in [1.82, 2.24) is 0 Å². The van der Waals surface area contributed by atoms with Gasteiger partial charge in [0, 0.05) is 0 Å². The normalized spacial score (nSPS) is 11.4. The fourth-order valence-corrected chi connectivity index (χ4v) is 0.995. The standard InChI is InChI=1S/C10H11F3O/c1-8-4-2-3-5-9(8)14-7-6-10(11,12)13/h2-5H,6-7H2,1H3. The highest BCUT2D eigenvalue weighted by atomic mass is 19.4. The molecule has 1 nitrogen and oxygen atoms in total. The van der Waals surface area contributed by atoms with Gasteiger partial charge in [-0.2, -0.15) is 13.2 Å². The molecule has 0 bridgehead atoms. The predicted molar refractivity (Wildman–Crippen MR) is 47.3 cm³/mol. The Morgan fingerprint density at radius 2 is 1.86 bits per heavy atom. The fraction of sp³-hybridized carbons (Fsp3) is 0.400. The van der Waals surface area contributed by atoms with Crippen LogP contribution in [0.2, 0.25) is 0 Å². The van der Waals surface area contributed by atoms with E-state index in [4.69, 9.17) is 4.74 Å². The maximum absolute atomic E-state index is 11.8. The van der Waals surface area contributed by atoms with Gasteiger partial charge in [-0.1, -0.05) is 18.2 Å². The van der Waals surface area contributed by atoms with E-state index in [1.165, 1.54) is 0 Å². The first-order valence-corrected chi connectivity index (χ1v) is 4.24. The molecule has 78 valence electrons. The predicted octanol–water partition coefficient (Wildman–Crippen LogP) is 3.33. The lowest BCUT2D eigenvalue weighted by molar-refractivity contribution is -0.139. The molecule has 0 N–H and O–H groups in total. The first kappa shape index (κ1) is 10.9. The highest BCUT2D eigenvalue weighted by molar-refractivity contribution is 5.31. The Labute approximate surface area is 80.5 Å². The van der Waals surface area contributed by atoms with Crippen LogP contribution in [0, 0.1) is 6.92 Å². The van der Waals surface area contributed by atoms with Gasteiger partial charge >= 0.3 is 6.18 Å². The number of hydrogen-bond donors (Lipinski definition) is 0. The molecule has 14 heavy (non-hydrogen) atoms. The molecule has 0 atom stereocenters. The van der Waals surface area contributed by atoms with Crippen LogP contribution in [-0.2, 0) is 0 Å². The van der Waals surface area contributed by atoms with Crippen LogP contribution in [-0.4, -0.2) is 12.8 Å². The zero-order valence-corrected chi connectivity index (χ0v) is 7.77. The molecule has 1 aromatic rings. The van der Waals surface area contributed by atoms with Crippen LogP contribution < -0.4 is 4.74 Å². The van der Waals surface area contributed by atoms with Gasteiger partial charge in [0.05, 0.1) is 13.0 Å². The summed E-state index contributed by atoms with van der Waals surface area (Å²) in [4.78, 5) is 0. The van der Waals surface area contributed by atoms with Crippen molar-refractivity contribution in [2.24, 2.45) is 0 Å². The number of benzene rings is 1. The Kier molecular flexibility index (Phi) is 3.38. The second-order valence-corrected chi connectivity index (χ2v) is 2.98. The number of rotatable bonds is 3. The summed E-state index contributed by atoms with van der Waals surface area (Å²) in [6.07, 6.45) is -5.07. The monoisotopic (exact) mass is 204 g/mol. The van der Waals surface area contributed by atoms with Crippen molar-refractivity contribution in [2.75, 3.05) is 6.61 Å².